The number of halogens is 1. The Hall–Kier alpha value is -2.74. The number of hydrogen-bond donors (Lipinski definition) is 1. The van der Waals surface area contributed by atoms with Gasteiger partial charge in [0.15, 0.2) is 5.13 Å². The fraction of sp³-hybridized carbons (Fsp3) is 0.381. The minimum atomic E-state index is -0.565. The third kappa shape index (κ3) is 4.17. The second-order valence-corrected chi connectivity index (χ2v) is 9.20. The zero-order valence-electron chi connectivity index (χ0n) is 16.5. The van der Waals surface area contributed by atoms with Gasteiger partial charge in [-0.15, -0.1) is 0 Å². The first kappa shape index (κ1) is 19.6. The molecule has 1 fully saturated rings. The highest BCUT2D eigenvalue weighted by Crippen LogP contribution is 2.33. The van der Waals surface area contributed by atoms with Crippen LogP contribution in [0.25, 0.3) is 21.0 Å². The lowest BCUT2D eigenvalue weighted by molar-refractivity contribution is -0.119. The molecule has 3 aromatic rings. The summed E-state index contributed by atoms with van der Waals surface area (Å²) in [5, 5.41) is 5.07. The predicted molar refractivity (Wildman–Crippen MR) is 112 cm³/mol. The van der Waals surface area contributed by atoms with Crippen LogP contribution in [0.2, 0.25) is 0 Å². The Kier molecular flexibility index (Phi) is 4.90. The molecule has 2 heterocycles. The van der Waals surface area contributed by atoms with Crippen LogP contribution in [0.5, 0.6) is 0 Å². The van der Waals surface area contributed by atoms with Gasteiger partial charge in [-0.05, 0) is 56.8 Å². The van der Waals surface area contributed by atoms with E-state index in [0.717, 1.165) is 21.0 Å². The van der Waals surface area contributed by atoms with E-state index in [1.54, 1.807) is 11.0 Å². The smallest absolute Gasteiger partial charge is 0.410 e. The molecule has 2 amide bonds. The Morgan fingerprint density at radius 3 is 2.83 bits per heavy atom. The summed E-state index contributed by atoms with van der Waals surface area (Å²) in [6.07, 6.45) is 0.185. The summed E-state index contributed by atoms with van der Waals surface area (Å²) in [7, 11) is 0. The Balaban J connectivity index is 1.47. The van der Waals surface area contributed by atoms with E-state index in [2.05, 4.69) is 10.3 Å². The van der Waals surface area contributed by atoms with Gasteiger partial charge in [-0.1, -0.05) is 17.4 Å². The molecule has 29 heavy (non-hydrogen) atoms. The summed E-state index contributed by atoms with van der Waals surface area (Å²) in [5.41, 5.74) is 0.190. The molecule has 1 atom stereocenters. The van der Waals surface area contributed by atoms with Crippen LogP contribution in [0.4, 0.5) is 14.3 Å². The van der Waals surface area contributed by atoms with E-state index in [1.165, 1.54) is 23.5 Å². The van der Waals surface area contributed by atoms with Gasteiger partial charge in [-0.2, -0.15) is 0 Å². The van der Waals surface area contributed by atoms with Crippen molar-refractivity contribution in [2.24, 2.45) is 5.92 Å². The molecule has 0 bridgehead atoms. The second-order valence-electron chi connectivity index (χ2n) is 8.20. The molecule has 1 aliphatic heterocycles. The van der Waals surface area contributed by atoms with Crippen LogP contribution in [0, 0.1) is 11.7 Å². The molecule has 1 aromatic heterocycles. The molecular weight excluding hydrogens is 393 g/mol. The van der Waals surface area contributed by atoms with E-state index in [9.17, 15) is 14.0 Å². The minimum absolute atomic E-state index is 0.162. The van der Waals surface area contributed by atoms with Gasteiger partial charge in [0.05, 0.1) is 16.1 Å². The summed E-state index contributed by atoms with van der Waals surface area (Å²) in [5.74, 6) is -0.753. The topological polar surface area (TPSA) is 71.5 Å². The lowest BCUT2D eigenvalue weighted by atomic mass is 10.1. The Labute approximate surface area is 171 Å². The number of likely N-dealkylation sites (tertiary alicyclic amines) is 1. The van der Waals surface area contributed by atoms with Gasteiger partial charge >= 0.3 is 6.09 Å². The number of thiazole rings is 1. The van der Waals surface area contributed by atoms with Crippen molar-refractivity contribution in [3.05, 3.63) is 36.1 Å². The van der Waals surface area contributed by atoms with E-state index in [-0.39, 0.29) is 17.6 Å². The largest absolute Gasteiger partial charge is 0.444 e. The normalized spacial score (nSPS) is 17.1. The third-order valence-corrected chi connectivity index (χ3v) is 5.79. The van der Waals surface area contributed by atoms with Crippen molar-refractivity contribution in [3.63, 3.8) is 0 Å². The molecule has 8 heteroatoms. The van der Waals surface area contributed by atoms with E-state index < -0.39 is 11.7 Å². The molecule has 1 N–H and O–H groups in total. The number of rotatable bonds is 2. The Bertz CT molecular complexity index is 1110. The highest BCUT2D eigenvalue weighted by molar-refractivity contribution is 7.23. The van der Waals surface area contributed by atoms with E-state index in [4.69, 9.17) is 4.74 Å². The van der Waals surface area contributed by atoms with Crippen molar-refractivity contribution in [1.29, 1.82) is 0 Å². The van der Waals surface area contributed by atoms with Crippen molar-refractivity contribution in [1.82, 2.24) is 9.88 Å². The maximum Gasteiger partial charge on any atom is 0.410 e. The van der Waals surface area contributed by atoms with Crippen LogP contribution in [-0.2, 0) is 9.53 Å². The van der Waals surface area contributed by atoms with Crippen molar-refractivity contribution >= 4 is 49.5 Å². The van der Waals surface area contributed by atoms with Gasteiger partial charge < -0.3 is 15.0 Å². The minimum Gasteiger partial charge on any atom is -0.444 e. The summed E-state index contributed by atoms with van der Waals surface area (Å²) in [6, 6.07) is 8.28. The van der Waals surface area contributed by atoms with Crippen molar-refractivity contribution in [3.8, 4) is 0 Å². The lowest BCUT2D eigenvalue weighted by Crippen LogP contribution is -2.36. The number of anilines is 1. The number of aromatic nitrogens is 1. The number of hydrogen-bond acceptors (Lipinski definition) is 5. The molecule has 1 unspecified atom stereocenters. The van der Waals surface area contributed by atoms with E-state index >= 15 is 0 Å². The van der Waals surface area contributed by atoms with Crippen LogP contribution in [0.15, 0.2) is 30.3 Å². The van der Waals surface area contributed by atoms with Crippen molar-refractivity contribution in [2.45, 2.75) is 32.8 Å². The highest BCUT2D eigenvalue weighted by atomic mass is 32.1. The van der Waals surface area contributed by atoms with Gasteiger partial charge in [0, 0.05) is 18.5 Å². The number of nitrogens with zero attached hydrogens (tertiary/aromatic N) is 2. The van der Waals surface area contributed by atoms with Crippen LogP contribution in [0.1, 0.15) is 27.2 Å². The molecule has 0 radical (unpaired) electrons. The van der Waals surface area contributed by atoms with E-state index in [1.807, 2.05) is 32.9 Å². The first-order valence-corrected chi connectivity index (χ1v) is 10.3. The number of carbonyl (C=O) groups is 2. The second kappa shape index (κ2) is 7.26. The number of ether oxygens (including phenoxy) is 1. The molecule has 0 aliphatic carbocycles. The molecule has 0 saturated carbocycles. The number of amides is 2. The Morgan fingerprint density at radius 1 is 1.28 bits per heavy atom. The first-order valence-electron chi connectivity index (χ1n) is 9.47. The van der Waals surface area contributed by atoms with Crippen molar-refractivity contribution < 1.29 is 18.7 Å². The summed E-state index contributed by atoms with van der Waals surface area (Å²) >= 11 is 1.36. The van der Waals surface area contributed by atoms with Crippen LogP contribution in [-0.4, -0.2) is 40.6 Å². The van der Waals surface area contributed by atoms with Crippen LogP contribution in [0.3, 0.4) is 0 Å². The Morgan fingerprint density at radius 2 is 2.07 bits per heavy atom. The predicted octanol–water partition coefficient (Wildman–Crippen LogP) is 4.78. The monoisotopic (exact) mass is 415 g/mol. The average molecular weight is 415 g/mol. The third-order valence-electron chi connectivity index (χ3n) is 4.77. The molecule has 1 aliphatic rings. The van der Waals surface area contributed by atoms with Gasteiger partial charge in [-0.3, -0.25) is 4.79 Å². The molecule has 0 spiro atoms. The zero-order chi connectivity index (χ0) is 20.8. The first-order chi connectivity index (χ1) is 13.7. The van der Waals surface area contributed by atoms with Gasteiger partial charge in [0.2, 0.25) is 5.91 Å². The molecule has 2 aromatic carbocycles. The zero-order valence-corrected chi connectivity index (χ0v) is 17.3. The van der Waals surface area contributed by atoms with Gasteiger partial charge in [-0.25, -0.2) is 14.2 Å². The summed E-state index contributed by atoms with van der Waals surface area (Å²) < 4.78 is 19.7. The molecule has 1 saturated heterocycles. The maximum atomic E-state index is 13.5. The number of nitrogens with one attached hydrogen (secondary N) is 1. The molecule has 6 nitrogen and oxygen atoms in total. The molecule has 4 rings (SSSR count). The summed E-state index contributed by atoms with van der Waals surface area (Å²) in [6.45, 7) is 6.26. The van der Waals surface area contributed by atoms with Crippen LogP contribution < -0.4 is 5.32 Å². The quantitative estimate of drug-likeness (QED) is 0.654. The standard InChI is InChI=1S/C21H22FN3O3S/c1-21(2,3)28-20(27)25-9-8-13(11-25)18(26)24-19-23-16-7-4-12-10-14(22)5-6-15(12)17(16)29-19/h4-7,10,13H,8-9,11H2,1-3H3,(H,23,24,26). The number of carbonyl (C=O) groups excluding carboxylic acids is 2. The SMILES string of the molecule is CC(C)(C)OC(=O)N1CCC(C(=O)Nc2nc3ccc4cc(F)ccc4c3s2)C1. The molecular formula is C21H22FN3O3S. The lowest BCUT2D eigenvalue weighted by Gasteiger charge is -2.24. The fourth-order valence-electron chi connectivity index (χ4n) is 3.41. The van der Waals surface area contributed by atoms with Gasteiger partial charge in [0.1, 0.15) is 11.4 Å². The average Bonchev–Trinajstić information content (AvgIpc) is 3.26. The van der Waals surface area contributed by atoms with E-state index in [0.29, 0.717) is 24.6 Å². The summed E-state index contributed by atoms with van der Waals surface area (Å²) in [4.78, 5) is 30.9. The molecule has 152 valence electrons. The number of fused-ring (bicyclic) bond motifs is 3. The fourth-order valence-corrected chi connectivity index (χ4v) is 4.42. The number of benzene rings is 2. The van der Waals surface area contributed by atoms with Crippen LogP contribution >= 0.6 is 11.3 Å². The highest BCUT2D eigenvalue weighted by Gasteiger charge is 2.33. The van der Waals surface area contributed by atoms with Gasteiger partial charge in [0.25, 0.3) is 0 Å². The maximum absolute atomic E-state index is 13.5. The van der Waals surface area contributed by atoms with Crippen molar-refractivity contribution in [2.75, 3.05) is 18.4 Å².